The summed E-state index contributed by atoms with van der Waals surface area (Å²) in [6, 6.07) is 13.0. The minimum Gasteiger partial charge on any atom is -0.473 e. The number of ether oxygens (including phenoxy) is 1. The van der Waals surface area contributed by atoms with Crippen molar-refractivity contribution in [3.63, 3.8) is 0 Å². The molecule has 2 rings (SSSR count). The van der Waals surface area contributed by atoms with Crippen molar-refractivity contribution >= 4 is 11.8 Å². The number of amides is 2. The van der Waals surface area contributed by atoms with Crippen molar-refractivity contribution in [2.75, 3.05) is 12.0 Å². The topological polar surface area (TPSA) is 63.2 Å². The van der Waals surface area contributed by atoms with Gasteiger partial charge in [-0.25, -0.2) is 9.78 Å². The predicted octanol–water partition coefficient (Wildman–Crippen LogP) is 3.50. The maximum atomic E-state index is 11.7. The van der Waals surface area contributed by atoms with Crippen LogP contribution in [-0.4, -0.2) is 17.7 Å². The predicted molar refractivity (Wildman–Crippen MR) is 87.1 cm³/mol. The number of nitrogens with zero attached hydrogens (tertiary/aromatic N) is 1. The van der Waals surface area contributed by atoms with E-state index in [1.165, 1.54) is 5.56 Å². The highest BCUT2D eigenvalue weighted by atomic mass is 16.5. The Labute approximate surface area is 130 Å². The van der Waals surface area contributed by atoms with Crippen molar-refractivity contribution < 1.29 is 9.53 Å². The Hall–Kier alpha value is -2.56. The lowest BCUT2D eigenvalue weighted by molar-refractivity contribution is 0.234. The second-order valence-electron chi connectivity index (χ2n) is 4.98. The second-order valence-corrected chi connectivity index (χ2v) is 4.98. The van der Waals surface area contributed by atoms with Gasteiger partial charge in [0.25, 0.3) is 0 Å². The van der Waals surface area contributed by atoms with Crippen LogP contribution in [0, 0.1) is 6.92 Å². The zero-order valence-electron chi connectivity index (χ0n) is 12.9. The average Bonchev–Trinajstić information content (AvgIpc) is 2.49. The monoisotopic (exact) mass is 299 g/mol. The van der Waals surface area contributed by atoms with Gasteiger partial charge in [-0.05, 0) is 43.2 Å². The highest BCUT2D eigenvalue weighted by Gasteiger charge is 2.02. The molecule has 2 aromatic rings. The Morgan fingerprint density at radius 1 is 1.18 bits per heavy atom. The van der Waals surface area contributed by atoms with Gasteiger partial charge in [-0.2, -0.15) is 0 Å². The first-order valence-corrected chi connectivity index (χ1v) is 7.37. The van der Waals surface area contributed by atoms with Crippen LogP contribution in [0.15, 0.2) is 42.5 Å². The Bertz CT molecular complexity index is 612. The number of rotatable bonds is 6. The van der Waals surface area contributed by atoms with Crippen molar-refractivity contribution in [1.29, 1.82) is 0 Å². The van der Waals surface area contributed by atoms with E-state index in [4.69, 9.17) is 4.74 Å². The first-order valence-electron chi connectivity index (χ1n) is 7.37. The minimum absolute atomic E-state index is 0.102. The maximum Gasteiger partial charge on any atom is 0.323 e. The number of carbonyl (C=O) groups is 1. The number of nitrogens with one attached hydrogen (secondary N) is 2. The van der Waals surface area contributed by atoms with E-state index in [1.54, 1.807) is 6.07 Å². The summed E-state index contributed by atoms with van der Waals surface area (Å²) in [5.41, 5.74) is 2.13. The van der Waals surface area contributed by atoms with E-state index in [0.717, 1.165) is 24.3 Å². The van der Waals surface area contributed by atoms with Crippen LogP contribution in [-0.2, 0) is 6.42 Å². The van der Waals surface area contributed by atoms with E-state index in [2.05, 4.69) is 22.5 Å². The molecule has 1 aromatic carbocycles. The van der Waals surface area contributed by atoms with Crippen LogP contribution in [0.2, 0.25) is 0 Å². The van der Waals surface area contributed by atoms with Crippen molar-refractivity contribution in [2.45, 2.75) is 26.7 Å². The summed E-state index contributed by atoms with van der Waals surface area (Å²) in [4.78, 5) is 15.9. The molecule has 1 heterocycles. The lowest BCUT2D eigenvalue weighted by atomic mass is 10.1. The molecular weight excluding hydrogens is 278 g/mol. The van der Waals surface area contributed by atoms with Crippen LogP contribution in [0.1, 0.15) is 24.6 Å². The highest BCUT2D eigenvalue weighted by molar-refractivity contribution is 5.88. The Balaban J connectivity index is 1.74. The first-order chi connectivity index (χ1) is 10.7. The van der Waals surface area contributed by atoms with Crippen LogP contribution < -0.4 is 15.4 Å². The van der Waals surface area contributed by atoms with Crippen molar-refractivity contribution in [3.8, 4) is 5.75 Å². The summed E-state index contributed by atoms with van der Waals surface area (Å²) in [7, 11) is 0. The van der Waals surface area contributed by atoms with Gasteiger partial charge >= 0.3 is 6.03 Å². The number of aromatic nitrogens is 1. The third kappa shape index (κ3) is 5.09. The van der Waals surface area contributed by atoms with Gasteiger partial charge < -0.3 is 10.1 Å². The summed E-state index contributed by atoms with van der Waals surface area (Å²) in [5, 5.41) is 5.28. The molecule has 0 atom stereocenters. The number of anilines is 1. The molecular formula is C17H21N3O2. The number of carbonyl (C=O) groups excluding carboxylic acids is 1. The Morgan fingerprint density at radius 2 is 1.95 bits per heavy atom. The minimum atomic E-state index is -0.347. The molecule has 0 spiro atoms. The van der Waals surface area contributed by atoms with Gasteiger partial charge in [-0.15, -0.1) is 0 Å². The number of hydrogen-bond acceptors (Lipinski definition) is 3. The summed E-state index contributed by atoms with van der Waals surface area (Å²) >= 11 is 0. The molecule has 0 saturated carbocycles. The molecule has 0 fully saturated rings. The summed E-state index contributed by atoms with van der Waals surface area (Å²) in [6.07, 6.45) is 2.18. The van der Waals surface area contributed by atoms with Gasteiger partial charge in [0.05, 0.1) is 0 Å². The lowest BCUT2D eigenvalue weighted by Crippen LogP contribution is -2.32. The number of benzene rings is 1. The zero-order chi connectivity index (χ0) is 15.8. The summed E-state index contributed by atoms with van der Waals surface area (Å²) < 4.78 is 5.48. The lowest BCUT2D eigenvalue weighted by Gasteiger charge is -2.09. The van der Waals surface area contributed by atoms with E-state index in [0.29, 0.717) is 5.82 Å². The normalized spacial score (nSPS) is 10.1. The number of urea groups is 1. The van der Waals surface area contributed by atoms with Crippen LogP contribution in [0.5, 0.6) is 5.75 Å². The van der Waals surface area contributed by atoms with E-state index >= 15 is 0 Å². The van der Waals surface area contributed by atoms with E-state index in [-0.39, 0.29) is 12.8 Å². The summed E-state index contributed by atoms with van der Waals surface area (Å²) in [6.45, 7) is 4.12. The van der Waals surface area contributed by atoms with Gasteiger partial charge in [-0.1, -0.05) is 31.5 Å². The average molecular weight is 299 g/mol. The van der Waals surface area contributed by atoms with Crippen molar-refractivity contribution in [2.24, 2.45) is 0 Å². The quantitative estimate of drug-likeness (QED) is 0.802. The largest absolute Gasteiger partial charge is 0.473 e. The summed E-state index contributed by atoms with van der Waals surface area (Å²) in [5.74, 6) is 1.25. The van der Waals surface area contributed by atoms with Gasteiger partial charge in [0.1, 0.15) is 11.6 Å². The van der Waals surface area contributed by atoms with Gasteiger partial charge in [0.15, 0.2) is 6.73 Å². The third-order valence-electron chi connectivity index (χ3n) is 3.06. The fourth-order valence-electron chi connectivity index (χ4n) is 2.00. The van der Waals surface area contributed by atoms with Gasteiger partial charge in [0, 0.05) is 5.69 Å². The van der Waals surface area contributed by atoms with E-state index in [9.17, 15) is 4.79 Å². The van der Waals surface area contributed by atoms with Crippen LogP contribution in [0.3, 0.4) is 0 Å². The first kappa shape index (κ1) is 15.8. The van der Waals surface area contributed by atoms with E-state index in [1.807, 2.05) is 43.3 Å². The van der Waals surface area contributed by atoms with Crippen LogP contribution >= 0.6 is 0 Å². The van der Waals surface area contributed by atoms with Crippen LogP contribution in [0.4, 0.5) is 10.6 Å². The molecule has 2 amide bonds. The molecule has 0 unspecified atom stereocenters. The third-order valence-corrected chi connectivity index (χ3v) is 3.06. The van der Waals surface area contributed by atoms with Gasteiger partial charge in [-0.3, -0.25) is 5.32 Å². The molecule has 0 bridgehead atoms. The molecule has 116 valence electrons. The fourth-order valence-corrected chi connectivity index (χ4v) is 2.00. The molecule has 22 heavy (non-hydrogen) atoms. The highest BCUT2D eigenvalue weighted by Crippen LogP contribution is 2.12. The molecule has 5 nitrogen and oxygen atoms in total. The molecule has 0 aliphatic rings. The zero-order valence-corrected chi connectivity index (χ0v) is 12.9. The molecule has 0 aliphatic heterocycles. The number of pyridine rings is 1. The van der Waals surface area contributed by atoms with Crippen LogP contribution in [0.25, 0.3) is 0 Å². The molecule has 1 aromatic heterocycles. The molecule has 5 heteroatoms. The number of aryl methyl sites for hydroxylation is 2. The fraction of sp³-hybridized carbons (Fsp3) is 0.294. The van der Waals surface area contributed by atoms with Crippen molar-refractivity contribution in [3.05, 3.63) is 53.7 Å². The Morgan fingerprint density at radius 3 is 2.64 bits per heavy atom. The number of hydrogen-bond donors (Lipinski definition) is 2. The van der Waals surface area contributed by atoms with Gasteiger partial charge in [0.2, 0.25) is 0 Å². The second kappa shape index (κ2) is 8.02. The Kier molecular flexibility index (Phi) is 5.77. The smallest absolute Gasteiger partial charge is 0.323 e. The standard InChI is InChI=1S/C17H21N3O2/c1-3-5-14-8-10-15(11-9-14)22-12-18-17(21)20-16-7-4-6-13(2)19-16/h4,6-11H,3,5,12H2,1-2H3,(H2,18,19,20,21). The molecule has 0 radical (unpaired) electrons. The SMILES string of the molecule is CCCc1ccc(OCNC(=O)Nc2cccc(C)n2)cc1. The molecule has 2 N–H and O–H groups in total. The molecule has 0 saturated heterocycles. The maximum absolute atomic E-state index is 11.7. The van der Waals surface area contributed by atoms with E-state index < -0.39 is 0 Å². The van der Waals surface area contributed by atoms with Crippen molar-refractivity contribution in [1.82, 2.24) is 10.3 Å². The molecule has 0 aliphatic carbocycles.